The fourth-order valence-electron chi connectivity index (χ4n) is 9.62. The normalized spacial score (nSPS) is 14.1. The molecule has 0 spiro atoms. The van der Waals surface area contributed by atoms with Crippen molar-refractivity contribution < 1.29 is 4.74 Å². The number of para-hydroxylation sites is 3. The number of anilines is 4. The molecule has 60 heavy (non-hydrogen) atoms. The first kappa shape index (κ1) is 36.0. The summed E-state index contributed by atoms with van der Waals surface area (Å²) in [4.78, 5) is 9.93. The Kier molecular flexibility index (Phi) is 8.08. The van der Waals surface area contributed by atoms with Gasteiger partial charge in [0, 0.05) is 45.6 Å². The van der Waals surface area contributed by atoms with E-state index in [-0.39, 0.29) is 10.8 Å². The van der Waals surface area contributed by atoms with Gasteiger partial charge in [-0.25, -0.2) is 4.98 Å². The molecule has 4 heterocycles. The quantitative estimate of drug-likeness (QED) is 0.168. The van der Waals surface area contributed by atoms with Gasteiger partial charge in [0.25, 0.3) is 0 Å². The van der Waals surface area contributed by atoms with Crippen molar-refractivity contribution in [3.05, 3.63) is 193 Å². The lowest BCUT2D eigenvalue weighted by Gasteiger charge is -2.39. The second kappa shape index (κ2) is 13.5. The van der Waals surface area contributed by atoms with Crippen molar-refractivity contribution in [3.63, 3.8) is 0 Å². The average Bonchev–Trinajstić information content (AvgIpc) is 3.82. The minimum Gasteiger partial charge on any atom is -0.457 e. The second-order valence-corrected chi connectivity index (χ2v) is 17.7. The zero-order chi connectivity index (χ0) is 40.8. The summed E-state index contributed by atoms with van der Waals surface area (Å²) in [7, 11) is 0. The Bertz CT molecular complexity index is 3060. The lowest BCUT2D eigenvalue weighted by molar-refractivity contribution is 0.482. The zero-order valence-electron chi connectivity index (χ0n) is 34.6. The van der Waals surface area contributed by atoms with E-state index in [0.717, 1.165) is 34.0 Å². The van der Waals surface area contributed by atoms with Gasteiger partial charge in [0.1, 0.15) is 24.0 Å². The molecule has 0 atom stereocenters. The van der Waals surface area contributed by atoms with Crippen LogP contribution in [0.1, 0.15) is 51.3 Å². The molecule has 2 aliphatic rings. The van der Waals surface area contributed by atoms with E-state index >= 15 is 0 Å². The maximum Gasteiger partial charge on any atom is 0.137 e. The summed E-state index contributed by atoms with van der Waals surface area (Å²) in [6.45, 7) is 12.1. The number of benzene rings is 7. The van der Waals surface area contributed by atoms with Crippen LogP contribution < -0.4 is 14.5 Å². The third kappa shape index (κ3) is 5.64. The van der Waals surface area contributed by atoms with Crippen molar-refractivity contribution in [1.82, 2.24) is 9.55 Å². The molecule has 7 aromatic carbocycles. The van der Waals surface area contributed by atoms with Crippen LogP contribution in [-0.4, -0.2) is 16.2 Å². The summed E-state index contributed by atoms with van der Waals surface area (Å²) < 4.78 is 9.15. The molecule has 0 aliphatic carbocycles. The maximum atomic E-state index is 6.87. The molecule has 0 saturated carbocycles. The fraction of sp³-hybridized carbons (Fsp3) is 0.145. The molecule has 0 amide bonds. The van der Waals surface area contributed by atoms with Gasteiger partial charge in [-0.1, -0.05) is 150 Å². The number of hydrogen-bond acceptors (Lipinski definition) is 4. The number of nitrogens with zero attached hydrogens (tertiary/aromatic N) is 4. The number of rotatable bonds is 6. The van der Waals surface area contributed by atoms with Crippen LogP contribution in [-0.2, 0) is 10.8 Å². The number of ether oxygens (including phenoxy) is 1. The number of fused-ring (bicyclic) bond motifs is 5. The van der Waals surface area contributed by atoms with Gasteiger partial charge in [-0.05, 0) is 75.7 Å². The van der Waals surface area contributed by atoms with Crippen molar-refractivity contribution in [1.29, 1.82) is 0 Å². The number of aromatic nitrogens is 2. The number of pyridine rings is 1. The first-order valence-corrected chi connectivity index (χ1v) is 20.9. The number of hydrogen-bond donors (Lipinski definition) is 0. The molecule has 0 fully saturated rings. The molecule has 0 N–H and O–H groups in total. The first-order valence-electron chi connectivity index (χ1n) is 20.9. The van der Waals surface area contributed by atoms with E-state index in [2.05, 4.69) is 219 Å². The Morgan fingerprint density at radius 2 is 1.17 bits per heavy atom. The van der Waals surface area contributed by atoms with Gasteiger partial charge in [-0.15, -0.1) is 0 Å². The van der Waals surface area contributed by atoms with E-state index in [4.69, 9.17) is 9.72 Å². The van der Waals surface area contributed by atoms with Crippen molar-refractivity contribution >= 4 is 44.6 Å². The lowest BCUT2D eigenvalue weighted by atomic mass is 9.73. The monoisotopic (exact) mass is 778 g/mol. The summed E-state index contributed by atoms with van der Waals surface area (Å²) >= 11 is 0. The molecule has 9 aromatic rings. The van der Waals surface area contributed by atoms with Crippen molar-refractivity contribution in [2.24, 2.45) is 0 Å². The van der Waals surface area contributed by atoms with Gasteiger partial charge in [0.15, 0.2) is 0 Å². The van der Waals surface area contributed by atoms with Gasteiger partial charge in [0.05, 0.1) is 33.8 Å². The highest BCUT2D eigenvalue weighted by atomic mass is 16.5. The molecule has 292 valence electrons. The van der Waals surface area contributed by atoms with E-state index in [1.54, 1.807) is 0 Å². The standard InChI is InChI=1S/C55H46N4O/c1-54(2,3)38-30-31-56-51(32-38)59-47-24-13-12-20-43(47)44-28-26-39(33-49(44)59)60-40-27-29-45-50(34-40)58-35-57(48-25-15-23-46(53(48)58)55(45,4)5)52-41(36-16-8-6-9-17-36)21-14-22-42(52)37-18-10-7-11-19-37/h6-34H,35H2,1-5H3. The molecule has 0 radical (unpaired) electrons. The van der Waals surface area contributed by atoms with Crippen molar-refractivity contribution in [2.45, 2.75) is 45.4 Å². The van der Waals surface area contributed by atoms with Gasteiger partial charge in [0.2, 0.25) is 0 Å². The highest BCUT2D eigenvalue weighted by molar-refractivity contribution is 6.09. The van der Waals surface area contributed by atoms with Crippen LogP contribution in [0.5, 0.6) is 11.5 Å². The van der Waals surface area contributed by atoms with Crippen LogP contribution in [0.25, 0.3) is 49.9 Å². The molecule has 0 unspecified atom stereocenters. The Balaban J connectivity index is 1.03. The van der Waals surface area contributed by atoms with Gasteiger partial charge in [-0.3, -0.25) is 4.57 Å². The van der Waals surface area contributed by atoms with E-state index in [1.807, 2.05) is 6.20 Å². The molecule has 2 aromatic heterocycles. The summed E-state index contributed by atoms with van der Waals surface area (Å²) in [6, 6.07) is 61.1. The second-order valence-electron chi connectivity index (χ2n) is 17.7. The largest absolute Gasteiger partial charge is 0.457 e. The van der Waals surface area contributed by atoms with Gasteiger partial charge >= 0.3 is 0 Å². The van der Waals surface area contributed by atoms with Crippen LogP contribution in [0.4, 0.5) is 22.7 Å². The van der Waals surface area contributed by atoms with Crippen molar-refractivity contribution in [2.75, 3.05) is 16.5 Å². The summed E-state index contributed by atoms with van der Waals surface area (Å²) in [5.41, 5.74) is 15.4. The van der Waals surface area contributed by atoms with Crippen LogP contribution in [0.2, 0.25) is 0 Å². The molecule has 11 rings (SSSR count). The van der Waals surface area contributed by atoms with Crippen LogP contribution in [0.3, 0.4) is 0 Å². The van der Waals surface area contributed by atoms with Crippen LogP contribution in [0, 0.1) is 0 Å². The molecule has 0 bridgehead atoms. The molecule has 0 saturated heterocycles. The lowest BCUT2D eigenvalue weighted by Crippen LogP contribution is -2.33. The van der Waals surface area contributed by atoms with Gasteiger partial charge in [-0.2, -0.15) is 0 Å². The Morgan fingerprint density at radius 3 is 1.90 bits per heavy atom. The van der Waals surface area contributed by atoms with E-state index < -0.39 is 0 Å². The average molecular weight is 779 g/mol. The van der Waals surface area contributed by atoms with E-state index in [1.165, 1.54) is 66.8 Å². The zero-order valence-corrected chi connectivity index (χ0v) is 34.6. The predicted octanol–water partition coefficient (Wildman–Crippen LogP) is 14.5. The summed E-state index contributed by atoms with van der Waals surface area (Å²) in [5, 5.41) is 2.36. The molecular weight excluding hydrogens is 733 g/mol. The Hall–Kier alpha value is -7.11. The Morgan fingerprint density at radius 1 is 0.533 bits per heavy atom. The fourth-order valence-corrected chi connectivity index (χ4v) is 9.62. The first-order chi connectivity index (χ1) is 29.1. The molecular formula is C55H46N4O. The van der Waals surface area contributed by atoms with E-state index in [0.29, 0.717) is 6.67 Å². The van der Waals surface area contributed by atoms with E-state index in [9.17, 15) is 0 Å². The predicted molar refractivity (Wildman–Crippen MR) is 249 cm³/mol. The SMILES string of the molecule is CC(C)(C)c1ccnc(-n2c3ccccc3c3ccc(Oc4ccc5c(c4)N4CN(c6c(-c7ccccc7)cccc6-c6ccccc6)c6cccc(c64)C5(C)C)cc32)c1. The van der Waals surface area contributed by atoms with Crippen LogP contribution >= 0.6 is 0 Å². The minimum atomic E-state index is -0.235. The van der Waals surface area contributed by atoms with Crippen LogP contribution in [0.15, 0.2) is 176 Å². The minimum absolute atomic E-state index is 0.00511. The molecule has 2 aliphatic heterocycles. The Labute approximate surface area is 351 Å². The molecule has 5 heteroatoms. The summed E-state index contributed by atoms with van der Waals surface area (Å²) in [6.07, 6.45) is 1.93. The highest BCUT2D eigenvalue weighted by Gasteiger charge is 2.43. The summed E-state index contributed by atoms with van der Waals surface area (Å²) in [5.74, 6) is 2.48. The maximum absolute atomic E-state index is 6.87. The van der Waals surface area contributed by atoms with Crippen molar-refractivity contribution in [3.8, 4) is 39.6 Å². The highest BCUT2D eigenvalue weighted by Crippen LogP contribution is 2.58. The van der Waals surface area contributed by atoms with Gasteiger partial charge < -0.3 is 14.5 Å². The third-order valence-electron chi connectivity index (χ3n) is 12.7. The molecule has 5 nitrogen and oxygen atoms in total. The smallest absolute Gasteiger partial charge is 0.137 e. The third-order valence-corrected chi connectivity index (χ3v) is 12.7. The topological polar surface area (TPSA) is 33.5 Å².